The number of nitrogens with one attached hydrogen (secondary N) is 2. The highest BCUT2D eigenvalue weighted by atomic mass is 35.5. The van der Waals surface area contributed by atoms with Crippen molar-refractivity contribution in [3.63, 3.8) is 0 Å². The van der Waals surface area contributed by atoms with Crippen LogP contribution in [-0.4, -0.2) is 37.9 Å². The van der Waals surface area contributed by atoms with Crippen molar-refractivity contribution in [3.8, 4) is 11.3 Å². The van der Waals surface area contributed by atoms with Crippen LogP contribution in [0.3, 0.4) is 0 Å². The monoisotopic (exact) mass is 475 g/mol. The van der Waals surface area contributed by atoms with E-state index in [1.165, 1.54) is 11.4 Å². The lowest BCUT2D eigenvalue weighted by Crippen LogP contribution is -2.40. The molecule has 0 radical (unpaired) electrons. The average Bonchev–Trinajstić information content (AvgIpc) is 3.24. The van der Waals surface area contributed by atoms with E-state index in [1.807, 2.05) is 30.3 Å². The number of carbonyl (C=O) groups is 2. The molecule has 0 saturated heterocycles. The molecule has 0 fully saturated rings. The topological polar surface area (TPSA) is 99.6 Å². The molecule has 1 aliphatic heterocycles. The van der Waals surface area contributed by atoms with Gasteiger partial charge in [-0.1, -0.05) is 41.9 Å². The number of amides is 2. The molecular weight excluding hydrogens is 454 g/mol. The molecule has 0 aliphatic carbocycles. The standard InChI is InChI=1S/C25H22ClN5O3/c1-15(32)27-17-8-6-16(7-9-17)12-24(33)30-11-10-19-22(14-30)28-23-13-21(29-31(23)25(19)34)18-4-2-3-5-20(18)26/h2-9,13,29H,10-12,14H2,1H3,(H,27,32). The Labute approximate surface area is 200 Å². The van der Waals surface area contributed by atoms with E-state index >= 15 is 0 Å². The van der Waals surface area contributed by atoms with E-state index in [-0.39, 0.29) is 30.3 Å². The maximum Gasteiger partial charge on any atom is 0.276 e. The molecule has 0 unspecified atom stereocenters. The van der Waals surface area contributed by atoms with E-state index in [1.54, 1.807) is 29.2 Å². The number of hydrogen-bond acceptors (Lipinski definition) is 4. The van der Waals surface area contributed by atoms with Gasteiger partial charge >= 0.3 is 0 Å². The van der Waals surface area contributed by atoms with Crippen LogP contribution in [0.4, 0.5) is 5.69 Å². The molecule has 2 amide bonds. The maximum absolute atomic E-state index is 13.1. The number of benzene rings is 2. The fourth-order valence-corrected chi connectivity index (χ4v) is 4.46. The van der Waals surface area contributed by atoms with Crippen molar-refractivity contribution in [1.82, 2.24) is 19.5 Å². The minimum atomic E-state index is -0.154. The summed E-state index contributed by atoms with van der Waals surface area (Å²) in [6.45, 7) is 2.19. The van der Waals surface area contributed by atoms with E-state index in [2.05, 4.69) is 15.4 Å². The smallest absolute Gasteiger partial charge is 0.276 e. The van der Waals surface area contributed by atoms with Crippen molar-refractivity contribution >= 4 is 34.7 Å². The van der Waals surface area contributed by atoms with Crippen LogP contribution in [0, 0.1) is 0 Å². The van der Waals surface area contributed by atoms with Gasteiger partial charge in [-0.25, -0.2) is 9.50 Å². The van der Waals surface area contributed by atoms with Gasteiger partial charge in [-0.2, -0.15) is 0 Å². The van der Waals surface area contributed by atoms with Crippen molar-refractivity contribution in [2.45, 2.75) is 26.3 Å². The Bertz CT molecular complexity index is 1470. The zero-order chi connectivity index (χ0) is 23.8. The van der Waals surface area contributed by atoms with Crippen LogP contribution in [0.1, 0.15) is 23.7 Å². The molecule has 2 N–H and O–H groups in total. The van der Waals surface area contributed by atoms with Crippen LogP contribution < -0.4 is 10.9 Å². The number of rotatable bonds is 4. The Morgan fingerprint density at radius 3 is 2.65 bits per heavy atom. The summed E-state index contributed by atoms with van der Waals surface area (Å²) >= 11 is 6.31. The molecule has 0 bridgehead atoms. The average molecular weight is 476 g/mol. The third kappa shape index (κ3) is 4.20. The third-order valence-corrected chi connectivity index (χ3v) is 6.24. The van der Waals surface area contributed by atoms with Gasteiger partial charge in [0.25, 0.3) is 5.56 Å². The third-order valence-electron chi connectivity index (χ3n) is 5.91. The van der Waals surface area contributed by atoms with Gasteiger partial charge in [0.2, 0.25) is 11.8 Å². The first-order valence-electron chi connectivity index (χ1n) is 10.9. The Morgan fingerprint density at radius 2 is 1.91 bits per heavy atom. The van der Waals surface area contributed by atoms with Gasteiger partial charge in [0, 0.05) is 41.4 Å². The number of anilines is 1. The summed E-state index contributed by atoms with van der Waals surface area (Å²) in [6.07, 6.45) is 0.676. The number of H-pyrrole nitrogens is 1. The van der Waals surface area contributed by atoms with Crippen LogP contribution in [-0.2, 0) is 29.0 Å². The molecule has 172 valence electrons. The number of hydrogen-bond donors (Lipinski definition) is 2. The van der Waals surface area contributed by atoms with Crippen LogP contribution in [0.5, 0.6) is 0 Å². The van der Waals surface area contributed by atoms with E-state index < -0.39 is 0 Å². The van der Waals surface area contributed by atoms with Crippen LogP contribution in [0.2, 0.25) is 5.02 Å². The van der Waals surface area contributed by atoms with Gasteiger partial charge in [-0.15, -0.1) is 0 Å². The molecule has 0 saturated carbocycles. The van der Waals surface area contributed by atoms with Gasteiger partial charge in [-0.3, -0.25) is 19.5 Å². The summed E-state index contributed by atoms with van der Waals surface area (Å²) in [5.41, 5.74) is 4.60. The van der Waals surface area contributed by atoms with Crippen molar-refractivity contribution in [2.75, 3.05) is 11.9 Å². The fourth-order valence-electron chi connectivity index (χ4n) is 4.22. The predicted molar refractivity (Wildman–Crippen MR) is 130 cm³/mol. The zero-order valence-electron chi connectivity index (χ0n) is 18.5. The summed E-state index contributed by atoms with van der Waals surface area (Å²) in [4.78, 5) is 43.6. The highest BCUT2D eigenvalue weighted by Crippen LogP contribution is 2.27. The van der Waals surface area contributed by atoms with Gasteiger partial charge in [0.05, 0.1) is 24.4 Å². The summed E-state index contributed by atoms with van der Waals surface area (Å²) in [5.74, 6) is -0.180. The zero-order valence-corrected chi connectivity index (χ0v) is 19.2. The molecule has 2 aromatic carbocycles. The normalized spacial score (nSPS) is 13.1. The molecule has 8 nitrogen and oxygen atoms in total. The summed E-state index contributed by atoms with van der Waals surface area (Å²) in [5, 5.41) is 6.39. The van der Waals surface area contributed by atoms with E-state index in [4.69, 9.17) is 11.6 Å². The number of aromatic amines is 1. The molecule has 9 heteroatoms. The van der Waals surface area contributed by atoms with Crippen LogP contribution in [0.15, 0.2) is 59.4 Å². The second-order valence-corrected chi connectivity index (χ2v) is 8.71. The molecule has 34 heavy (non-hydrogen) atoms. The largest absolute Gasteiger partial charge is 0.336 e. The Hall–Kier alpha value is -3.91. The summed E-state index contributed by atoms with van der Waals surface area (Å²) in [6, 6.07) is 16.4. The number of fused-ring (bicyclic) bond motifs is 2. The molecule has 0 atom stereocenters. The first-order valence-corrected chi connectivity index (χ1v) is 11.3. The minimum absolute atomic E-state index is 0.0363. The molecule has 4 aromatic rings. The van der Waals surface area contributed by atoms with Crippen molar-refractivity contribution < 1.29 is 9.59 Å². The molecule has 1 aliphatic rings. The van der Waals surface area contributed by atoms with Crippen LogP contribution >= 0.6 is 11.6 Å². The lowest BCUT2D eigenvalue weighted by molar-refractivity contribution is -0.131. The molecule has 3 heterocycles. The Kier molecular flexibility index (Phi) is 5.67. The second-order valence-electron chi connectivity index (χ2n) is 8.31. The number of halogens is 1. The lowest BCUT2D eigenvalue weighted by Gasteiger charge is -2.27. The summed E-state index contributed by atoms with van der Waals surface area (Å²) in [7, 11) is 0. The Morgan fingerprint density at radius 1 is 1.15 bits per heavy atom. The maximum atomic E-state index is 13.1. The minimum Gasteiger partial charge on any atom is -0.336 e. The quantitative estimate of drug-likeness (QED) is 0.472. The van der Waals surface area contributed by atoms with Gasteiger partial charge in [0.1, 0.15) is 0 Å². The lowest BCUT2D eigenvalue weighted by atomic mass is 10.0. The Balaban J connectivity index is 1.37. The van der Waals surface area contributed by atoms with Gasteiger partial charge < -0.3 is 10.2 Å². The predicted octanol–water partition coefficient (Wildman–Crippen LogP) is 3.43. The van der Waals surface area contributed by atoms with Crippen molar-refractivity contribution in [3.05, 3.63) is 86.8 Å². The van der Waals surface area contributed by atoms with Gasteiger partial charge in [0.15, 0.2) is 5.65 Å². The first kappa shape index (κ1) is 21.9. The molecule has 5 rings (SSSR count). The highest BCUT2D eigenvalue weighted by Gasteiger charge is 2.25. The SMILES string of the molecule is CC(=O)Nc1ccc(CC(=O)N2CCc3c(nc4cc(-c5ccccc5Cl)[nH]n4c3=O)C2)cc1. The summed E-state index contributed by atoms with van der Waals surface area (Å²) < 4.78 is 1.44. The number of aromatic nitrogens is 3. The van der Waals surface area contributed by atoms with Crippen molar-refractivity contribution in [2.24, 2.45) is 0 Å². The fraction of sp³-hybridized carbons (Fsp3) is 0.200. The molecule has 2 aromatic heterocycles. The van der Waals surface area contributed by atoms with E-state index in [9.17, 15) is 14.4 Å². The van der Waals surface area contributed by atoms with E-state index in [0.717, 1.165) is 11.1 Å². The molecule has 0 spiro atoms. The number of carbonyl (C=O) groups excluding carboxylic acids is 2. The van der Waals surface area contributed by atoms with Crippen LogP contribution in [0.25, 0.3) is 16.9 Å². The van der Waals surface area contributed by atoms with E-state index in [0.29, 0.717) is 46.3 Å². The van der Waals surface area contributed by atoms with Gasteiger partial charge in [-0.05, 0) is 30.2 Å². The second kappa shape index (κ2) is 8.79. The number of nitrogens with zero attached hydrogens (tertiary/aromatic N) is 3. The van der Waals surface area contributed by atoms with Crippen molar-refractivity contribution in [1.29, 1.82) is 0 Å². The first-order chi connectivity index (χ1) is 16.4. The molecular formula is C25H22ClN5O3. The highest BCUT2D eigenvalue weighted by molar-refractivity contribution is 6.33.